The van der Waals surface area contributed by atoms with Crippen LogP contribution in [0.25, 0.3) is 0 Å². The molecule has 4 nitrogen and oxygen atoms in total. The molecule has 0 unspecified atom stereocenters. The average molecular weight is 455 g/mol. The quantitative estimate of drug-likeness (QED) is 0.519. The van der Waals surface area contributed by atoms with Crippen molar-refractivity contribution in [3.8, 4) is 0 Å². The molecular formula is C16H9BrClF4NO3. The molecule has 26 heavy (non-hydrogen) atoms. The summed E-state index contributed by atoms with van der Waals surface area (Å²) in [6.07, 6.45) is -4.73. The van der Waals surface area contributed by atoms with E-state index >= 15 is 0 Å². The molecule has 0 bridgehead atoms. The van der Waals surface area contributed by atoms with Crippen molar-refractivity contribution in [3.63, 3.8) is 0 Å². The molecule has 0 saturated carbocycles. The Hall–Kier alpha value is -2.13. The maximum absolute atomic E-state index is 13.0. The van der Waals surface area contributed by atoms with Gasteiger partial charge in [-0.05, 0) is 46.3 Å². The van der Waals surface area contributed by atoms with Crippen LogP contribution in [-0.4, -0.2) is 18.5 Å². The number of para-hydroxylation sites is 1. The summed E-state index contributed by atoms with van der Waals surface area (Å²) < 4.78 is 56.7. The second kappa shape index (κ2) is 8.05. The van der Waals surface area contributed by atoms with Gasteiger partial charge >= 0.3 is 12.1 Å². The number of amides is 1. The van der Waals surface area contributed by atoms with E-state index < -0.39 is 41.7 Å². The van der Waals surface area contributed by atoms with Crippen molar-refractivity contribution in [3.05, 3.63) is 62.8 Å². The summed E-state index contributed by atoms with van der Waals surface area (Å²) in [6, 6.07) is 6.19. The zero-order valence-electron chi connectivity index (χ0n) is 12.7. The van der Waals surface area contributed by atoms with Gasteiger partial charge in [-0.3, -0.25) is 4.79 Å². The largest absolute Gasteiger partial charge is 0.452 e. The molecule has 0 aliphatic rings. The minimum absolute atomic E-state index is 0.0482. The Labute approximate surface area is 158 Å². The van der Waals surface area contributed by atoms with Crippen LogP contribution in [0.15, 0.2) is 40.9 Å². The van der Waals surface area contributed by atoms with E-state index in [1.807, 2.05) is 5.32 Å². The van der Waals surface area contributed by atoms with Crippen LogP contribution in [0.3, 0.4) is 0 Å². The van der Waals surface area contributed by atoms with E-state index in [9.17, 15) is 27.2 Å². The van der Waals surface area contributed by atoms with E-state index in [1.54, 1.807) is 0 Å². The van der Waals surface area contributed by atoms with Crippen LogP contribution >= 0.6 is 27.5 Å². The second-order valence-corrected chi connectivity index (χ2v) is 6.17. The number of carbonyl (C=O) groups excluding carboxylic acids is 2. The Bertz CT molecular complexity index is 858. The van der Waals surface area contributed by atoms with Crippen molar-refractivity contribution >= 4 is 45.1 Å². The summed E-state index contributed by atoms with van der Waals surface area (Å²) in [5.41, 5.74) is -1.82. The van der Waals surface area contributed by atoms with Gasteiger partial charge in [0.15, 0.2) is 6.61 Å². The molecule has 0 fully saturated rings. The number of nitrogens with one attached hydrogen (secondary N) is 1. The molecule has 2 rings (SSSR count). The molecule has 0 spiro atoms. The molecule has 0 atom stereocenters. The number of ether oxygens (including phenoxy) is 1. The van der Waals surface area contributed by atoms with Gasteiger partial charge in [0, 0.05) is 4.47 Å². The van der Waals surface area contributed by atoms with Gasteiger partial charge in [-0.15, -0.1) is 0 Å². The molecule has 0 saturated heterocycles. The number of alkyl halides is 3. The third-order valence-corrected chi connectivity index (χ3v) is 4.04. The summed E-state index contributed by atoms with van der Waals surface area (Å²) in [6.45, 7) is -0.856. The van der Waals surface area contributed by atoms with Crippen LogP contribution in [0.4, 0.5) is 23.2 Å². The number of hydrogen-bond donors (Lipinski definition) is 1. The second-order valence-electron chi connectivity index (χ2n) is 4.91. The number of rotatable bonds is 4. The van der Waals surface area contributed by atoms with Gasteiger partial charge in [0.25, 0.3) is 5.91 Å². The van der Waals surface area contributed by atoms with E-state index in [0.717, 1.165) is 30.3 Å². The molecular weight excluding hydrogens is 446 g/mol. The lowest BCUT2D eigenvalue weighted by atomic mass is 10.1. The van der Waals surface area contributed by atoms with E-state index in [2.05, 4.69) is 15.9 Å². The van der Waals surface area contributed by atoms with Crippen LogP contribution in [0.2, 0.25) is 5.02 Å². The number of carbonyl (C=O) groups is 2. The lowest BCUT2D eigenvalue weighted by molar-refractivity contribution is -0.137. The average Bonchev–Trinajstić information content (AvgIpc) is 2.53. The van der Waals surface area contributed by atoms with Gasteiger partial charge < -0.3 is 10.1 Å². The van der Waals surface area contributed by atoms with Gasteiger partial charge in [-0.25, -0.2) is 9.18 Å². The fourth-order valence-electron chi connectivity index (χ4n) is 1.93. The van der Waals surface area contributed by atoms with Gasteiger partial charge in [-0.1, -0.05) is 17.7 Å². The van der Waals surface area contributed by atoms with E-state index in [-0.39, 0.29) is 15.1 Å². The molecule has 0 heterocycles. The standard InChI is InChI=1S/C16H9BrClF4NO3/c17-11-6-8(19)4-5-9(11)15(25)26-7-13(24)23-14-10(16(20,21)22)2-1-3-12(14)18/h1-6H,7H2,(H,23,24). The number of esters is 1. The lowest BCUT2D eigenvalue weighted by Crippen LogP contribution is -2.23. The summed E-state index contributed by atoms with van der Waals surface area (Å²) in [5, 5.41) is 1.66. The monoisotopic (exact) mass is 453 g/mol. The van der Waals surface area contributed by atoms with Crippen molar-refractivity contribution in [2.24, 2.45) is 0 Å². The molecule has 0 aromatic heterocycles. The predicted octanol–water partition coefficient (Wildman–Crippen LogP) is 5.06. The Morgan fingerprint density at radius 1 is 1.19 bits per heavy atom. The molecule has 138 valence electrons. The highest BCUT2D eigenvalue weighted by Crippen LogP contribution is 2.38. The van der Waals surface area contributed by atoms with Crippen LogP contribution in [0, 0.1) is 5.82 Å². The van der Waals surface area contributed by atoms with Crippen LogP contribution in [0.5, 0.6) is 0 Å². The third-order valence-electron chi connectivity index (χ3n) is 3.07. The summed E-state index contributed by atoms with van der Waals surface area (Å²) in [4.78, 5) is 23.7. The normalized spacial score (nSPS) is 11.2. The lowest BCUT2D eigenvalue weighted by Gasteiger charge is -2.15. The number of anilines is 1. The van der Waals surface area contributed by atoms with Crippen LogP contribution in [0.1, 0.15) is 15.9 Å². The summed E-state index contributed by atoms with van der Waals surface area (Å²) >= 11 is 8.68. The molecule has 1 N–H and O–H groups in total. The first-order valence-electron chi connectivity index (χ1n) is 6.87. The highest BCUT2D eigenvalue weighted by Gasteiger charge is 2.34. The van der Waals surface area contributed by atoms with Crippen LogP contribution in [-0.2, 0) is 15.7 Å². The smallest absolute Gasteiger partial charge is 0.418 e. The van der Waals surface area contributed by atoms with Crippen molar-refractivity contribution in [1.82, 2.24) is 0 Å². The highest BCUT2D eigenvalue weighted by molar-refractivity contribution is 9.10. The third kappa shape index (κ3) is 4.95. The van der Waals surface area contributed by atoms with Gasteiger partial charge in [0.2, 0.25) is 0 Å². The minimum atomic E-state index is -4.73. The van der Waals surface area contributed by atoms with Crippen molar-refractivity contribution in [2.75, 3.05) is 11.9 Å². The predicted molar refractivity (Wildman–Crippen MR) is 89.5 cm³/mol. The fourth-order valence-corrected chi connectivity index (χ4v) is 2.66. The molecule has 1 amide bonds. The molecule has 0 aliphatic heterocycles. The summed E-state index contributed by atoms with van der Waals surface area (Å²) in [7, 11) is 0. The van der Waals surface area contributed by atoms with Crippen molar-refractivity contribution in [2.45, 2.75) is 6.18 Å². The van der Waals surface area contributed by atoms with Crippen molar-refractivity contribution in [1.29, 1.82) is 0 Å². The first kappa shape index (κ1) is 20.2. The van der Waals surface area contributed by atoms with Gasteiger partial charge in [-0.2, -0.15) is 13.2 Å². The summed E-state index contributed by atoms with van der Waals surface area (Å²) in [5.74, 6) is -2.57. The van der Waals surface area contributed by atoms with E-state index in [1.165, 1.54) is 6.07 Å². The number of hydrogen-bond acceptors (Lipinski definition) is 3. The minimum Gasteiger partial charge on any atom is -0.452 e. The fraction of sp³-hybridized carbons (Fsp3) is 0.125. The molecule has 0 radical (unpaired) electrons. The Balaban J connectivity index is 2.07. The van der Waals surface area contributed by atoms with Crippen molar-refractivity contribution < 1.29 is 31.9 Å². The molecule has 0 aliphatic carbocycles. The molecule has 2 aromatic carbocycles. The Morgan fingerprint density at radius 3 is 2.50 bits per heavy atom. The maximum Gasteiger partial charge on any atom is 0.418 e. The highest BCUT2D eigenvalue weighted by atomic mass is 79.9. The number of halogens is 6. The first-order valence-corrected chi connectivity index (χ1v) is 8.04. The maximum atomic E-state index is 13.0. The topological polar surface area (TPSA) is 55.4 Å². The van der Waals surface area contributed by atoms with E-state index in [0.29, 0.717) is 0 Å². The number of benzene rings is 2. The SMILES string of the molecule is O=C(COC(=O)c1ccc(F)cc1Br)Nc1c(Cl)cccc1C(F)(F)F. The van der Waals surface area contributed by atoms with Gasteiger partial charge in [0.1, 0.15) is 5.82 Å². The van der Waals surface area contributed by atoms with E-state index in [4.69, 9.17) is 16.3 Å². The van der Waals surface area contributed by atoms with Crippen LogP contribution < -0.4 is 5.32 Å². The Morgan fingerprint density at radius 2 is 1.88 bits per heavy atom. The Kier molecular flexibility index (Phi) is 6.25. The van der Waals surface area contributed by atoms with Gasteiger partial charge in [0.05, 0.1) is 21.8 Å². The molecule has 10 heteroatoms. The zero-order valence-corrected chi connectivity index (χ0v) is 15.0. The first-order chi connectivity index (χ1) is 12.1. The zero-order chi connectivity index (χ0) is 19.5. The molecule has 2 aromatic rings.